The van der Waals surface area contributed by atoms with Crippen molar-refractivity contribution in [1.82, 2.24) is 5.32 Å². The molecule has 1 aromatic carbocycles. The highest BCUT2D eigenvalue weighted by atomic mass is 16.5. The van der Waals surface area contributed by atoms with Crippen LogP contribution in [0.1, 0.15) is 31.9 Å². The summed E-state index contributed by atoms with van der Waals surface area (Å²) >= 11 is 0. The Morgan fingerprint density at radius 3 is 2.52 bits per heavy atom. The molecule has 126 valence electrons. The zero-order valence-corrected chi connectivity index (χ0v) is 14.6. The quantitative estimate of drug-likeness (QED) is 0.853. The molecule has 0 aliphatic rings. The molecule has 0 spiro atoms. The standard InChI is InChI=1S/C19H27NO3/c1-13-8-17(15-6-7-22-11-15)18(9-14(13)2)23-12-16(21)10-20-19(3,4)5/h6-9,11,16,20-21H,10,12H2,1-5H3. The zero-order valence-electron chi connectivity index (χ0n) is 14.6. The van der Waals surface area contributed by atoms with Crippen molar-refractivity contribution < 1.29 is 14.3 Å². The Kier molecular flexibility index (Phi) is 5.50. The third-order valence-corrected chi connectivity index (χ3v) is 3.73. The van der Waals surface area contributed by atoms with Crippen LogP contribution in [0.5, 0.6) is 5.75 Å². The lowest BCUT2D eigenvalue weighted by Gasteiger charge is -2.23. The largest absolute Gasteiger partial charge is 0.490 e. The highest BCUT2D eigenvalue weighted by molar-refractivity contribution is 5.71. The minimum atomic E-state index is -0.562. The molecule has 2 rings (SSSR count). The van der Waals surface area contributed by atoms with Gasteiger partial charge in [-0.2, -0.15) is 0 Å². The van der Waals surface area contributed by atoms with Crippen LogP contribution in [0, 0.1) is 13.8 Å². The van der Waals surface area contributed by atoms with Crippen molar-refractivity contribution in [3.8, 4) is 16.9 Å². The topological polar surface area (TPSA) is 54.6 Å². The molecule has 4 nitrogen and oxygen atoms in total. The van der Waals surface area contributed by atoms with Gasteiger partial charge in [-0.05, 0) is 63.9 Å². The van der Waals surface area contributed by atoms with E-state index in [0.717, 1.165) is 22.4 Å². The van der Waals surface area contributed by atoms with Crippen LogP contribution in [0.2, 0.25) is 0 Å². The minimum absolute atomic E-state index is 0.0244. The van der Waals surface area contributed by atoms with Gasteiger partial charge in [-0.15, -0.1) is 0 Å². The summed E-state index contributed by atoms with van der Waals surface area (Å²) in [6.45, 7) is 11.1. The first-order chi connectivity index (χ1) is 10.8. The Balaban J connectivity index is 2.09. The van der Waals surface area contributed by atoms with E-state index in [1.807, 2.05) is 12.1 Å². The molecule has 1 atom stereocenters. The Hall–Kier alpha value is -1.78. The van der Waals surface area contributed by atoms with Crippen molar-refractivity contribution in [2.45, 2.75) is 46.3 Å². The normalized spacial score (nSPS) is 13.1. The van der Waals surface area contributed by atoms with Gasteiger partial charge in [-0.25, -0.2) is 0 Å². The number of rotatable bonds is 6. The van der Waals surface area contributed by atoms with Crippen molar-refractivity contribution in [3.05, 3.63) is 41.9 Å². The molecule has 0 bridgehead atoms. The first-order valence-electron chi connectivity index (χ1n) is 7.96. The van der Waals surface area contributed by atoms with Crippen LogP contribution >= 0.6 is 0 Å². The Labute approximate surface area is 138 Å². The maximum Gasteiger partial charge on any atom is 0.127 e. The number of aliphatic hydroxyl groups excluding tert-OH is 1. The van der Waals surface area contributed by atoms with Crippen molar-refractivity contribution >= 4 is 0 Å². The summed E-state index contributed by atoms with van der Waals surface area (Å²) < 4.78 is 11.1. The Morgan fingerprint density at radius 2 is 1.91 bits per heavy atom. The van der Waals surface area contributed by atoms with Gasteiger partial charge in [0, 0.05) is 23.2 Å². The van der Waals surface area contributed by atoms with Crippen molar-refractivity contribution in [3.63, 3.8) is 0 Å². The summed E-state index contributed by atoms with van der Waals surface area (Å²) in [5.41, 5.74) is 4.30. The third kappa shape index (κ3) is 5.12. The van der Waals surface area contributed by atoms with Gasteiger partial charge in [0.2, 0.25) is 0 Å². The lowest BCUT2D eigenvalue weighted by molar-refractivity contribution is 0.100. The van der Waals surface area contributed by atoms with E-state index in [4.69, 9.17) is 9.15 Å². The van der Waals surface area contributed by atoms with E-state index in [1.54, 1.807) is 12.5 Å². The second kappa shape index (κ2) is 7.20. The molecule has 23 heavy (non-hydrogen) atoms. The number of aliphatic hydroxyl groups is 1. The average molecular weight is 317 g/mol. The summed E-state index contributed by atoms with van der Waals surface area (Å²) in [5, 5.41) is 13.4. The smallest absolute Gasteiger partial charge is 0.127 e. The highest BCUT2D eigenvalue weighted by Gasteiger charge is 2.15. The monoisotopic (exact) mass is 317 g/mol. The molecule has 0 aliphatic carbocycles. The summed E-state index contributed by atoms with van der Waals surface area (Å²) in [7, 11) is 0. The molecule has 0 radical (unpaired) electrons. The number of aryl methyl sites for hydroxylation is 2. The molecule has 0 saturated carbocycles. The molecule has 0 amide bonds. The van der Waals surface area contributed by atoms with Crippen molar-refractivity contribution in [2.75, 3.05) is 13.2 Å². The van der Waals surface area contributed by atoms with Crippen molar-refractivity contribution in [2.24, 2.45) is 0 Å². The van der Waals surface area contributed by atoms with E-state index in [2.05, 4.69) is 46.0 Å². The van der Waals surface area contributed by atoms with E-state index in [9.17, 15) is 5.11 Å². The minimum Gasteiger partial charge on any atom is -0.490 e. The highest BCUT2D eigenvalue weighted by Crippen LogP contribution is 2.33. The molecule has 1 heterocycles. The van der Waals surface area contributed by atoms with Gasteiger partial charge in [-0.1, -0.05) is 0 Å². The van der Waals surface area contributed by atoms with Gasteiger partial charge in [0.15, 0.2) is 0 Å². The van der Waals surface area contributed by atoms with Crippen LogP contribution in [0.4, 0.5) is 0 Å². The lowest BCUT2D eigenvalue weighted by Crippen LogP contribution is -2.42. The fraction of sp³-hybridized carbons (Fsp3) is 0.474. The number of nitrogens with one attached hydrogen (secondary N) is 1. The van der Waals surface area contributed by atoms with Crippen molar-refractivity contribution in [1.29, 1.82) is 0 Å². The molecular weight excluding hydrogens is 290 g/mol. The van der Waals surface area contributed by atoms with Gasteiger partial charge in [-0.3, -0.25) is 0 Å². The third-order valence-electron chi connectivity index (χ3n) is 3.73. The number of β-amino-alcohol motifs (C(OH)–C–C–N with tert-alkyl or cyclic N) is 1. The van der Waals surface area contributed by atoms with E-state index in [1.165, 1.54) is 5.56 Å². The van der Waals surface area contributed by atoms with Crippen LogP contribution in [0.25, 0.3) is 11.1 Å². The Bertz CT molecular complexity index is 627. The van der Waals surface area contributed by atoms with Gasteiger partial charge in [0.1, 0.15) is 18.5 Å². The molecule has 2 N–H and O–H groups in total. The second-order valence-electron chi connectivity index (χ2n) is 7.04. The summed E-state index contributed by atoms with van der Waals surface area (Å²) in [4.78, 5) is 0. The van der Waals surface area contributed by atoms with E-state index in [0.29, 0.717) is 6.54 Å². The fourth-order valence-electron chi connectivity index (χ4n) is 2.22. The molecule has 0 aliphatic heterocycles. The average Bonchev–Trinajstić information content (AvgIpc) is 2.99. The molecule has 1 aromatic heterocycles. The molecule has 0 saturated heterocycles. The predicted molar refractivity (Wildman–Crippen MR) is 92.9 cm³/mol. The van der Waals surface area contributed by atoms with E-state index in [-0.39, 0.29) is 12.1 Å². The first kappa shape index (κ1) is 17.6. The summed E-state index contributed by atoms with van der Waals surface area (Å²) in [6.07, 6.45) is 2.79. The van der Waals surface area contributed by atoms with Gasteiger partial charge in [0.05, 0.1) is 12.5 Å². The van der Waals surface area contributed by atoms with Gasteiger partial charge < -0.3 is 19.6 Å². The molecule has 0 fully saturated rings. The maximum atomic E-state index is 10.1. The molecular formula is C19H27NO3. The Morgan fingerprint density at radius 1 is 1.22 bits per heavy atom. The van der Waals surface area contributed by atoms with Crippen LogP contribution in [-0.4, -0.2) is 29.9 Å². The number of benzene rings is 1. The van der Waals surface area contributed by atoms with E-state index >= 15 is 0 Å². The summed E-state index contributed by atoms with van der Waals surface area (Å²) in [6, 6.07) is 6.02. The molecule has 1 unspecified atom stereocenters. The maximum absolute atomic E-state index is 10.1. The van der Waals surface area contributed by atoms with Crippen LogP contribution in [0.15, 0.2) is 35.1 Å². The van der Waals surface area contributed by atoms with Gasteiger partial charge in [0.25, 0.3) is 0 Å². The zero-order chi connectivity index (χ0) is 17.0. The fourth-order valence-corrected chi connectivity index (χ4v) is 2.22. The molecule has 2 aromatic rings. The number of ether oxygens (including phenoxy) is 1. The van der Waals surface area contributed by atoms with Crippen LogP contribution in [0.3, 0.4) is 0 Å². The molecule has 4 heteroatoms. The summed E-state index contributed by atoms with van der Waals surface area (Å²) in [5.74, 6) is 0.768. The lowest BCUT2D eigenvalue weighted by atomic mass is 10.0. The number of furan rings is 1. The van der Waals surface area contributed by atoms with E-state index < -0.39 is 6.10 Å². The number of hydrogen-bond donors (Lipinski definition) is 2. The SMILES string of the molecule is Cc1cc(OCC(O)CNC(C)(C)C)c(-c2ccoc2)cc1C. The van der Waals surface area contributed by atoms with Gasteiger partial charge >= 0.3 is 0 Å². The van der Waals surface area contributed by atoms with Crippen LogP contribution < -0.4 is 10.1 Å². The first-order valence-corrected chi connectivity index (χ1v) is 7.96. The number of hydrogen-bond acceptors (Lipinski definition) is 4. The second-order valence-corrected chi connectivity index (χ2v) is 7.04. The van der Waals surface area contributed by atoms with Crippen LogP contribution in [-0.2, 0) is 0 Å². The predicted octanol–water partition coefficient (Wildman–Crippen LogP) is 3.69.